The van der Waals surface area contributed by atoms with Gasteiger partial charge in [-0.05, 0) is 50.4 Å². The van der Waals surface area contributed by atoms with Crippen molar-refractivity contribution in [3.05, 3.63) is 24.5 Å². The lowest BCUT2D eigenvalue weighted by Gasteiger charge is -2.22. The molecule has 5 nitrogen and oxygen atoms in total. The van der Waals surface area contributed by atoms with Gasteiger partial charge in [-0.2, -0.15) is 0 Å². The van der Waals surface area contributed by atoms with Crippen LogP contribution in [0.1, 0.15) is 19.3 Å². The van der Waals surface area contributed by atoms with E-state index in [0.717, 1.165) is 19.5 Å². The smallest absolute Gasteiger partial charge is 0.242 e. The second-order valence-electron chi connectivity index (χ2n) is 4.59. The molecule has 0 saturated carbocycles. The highest BCUT2D eigenvalue weighted by Gasteiger charge is 2.16. The standard InChI is InChI=1S/C12H19N3O2S/c16-18(17,12-4-2-7-14-10-12)15-8-5-11-3-1-6-13-9-11/h2,4,7,10-11,13,15H,1,3,5-6,8-9H2. The van der Waals surface area contributed by atoms with Crippen LogP contribution in [0.25, 0.3) is 0 Å². The van der Waals surface area contributed by atoms with Crippen molar-refractivity contribution in [3.63, 3.8) is 0 Å². The van der Waals surface area contributed by atoms with Gasteiger partial charge in [0.2, 0.25) is 10.0 Å². The molecule has 2 N–H and O–H groups in total. The number of pyridine rings is 1. The van der Waals surface area contributed by atoms with Crippen molar-refractivity contribution >= 4 is 10.0 Å². The lowest BCUT2D eigenvalue weighted by atomic mass is 9.96. The van der Waals surface area contributed by atoms with E-state index < -0.39 is 10.0 Å². The summed E-state index contributed by atoms with van der Waals surface area (Å²) >= 11 is 0. The van der Waals surface area contributed by atoms with Gasteiger partial charge in [-0.1, -0.05) is 0 Å². The summed E-state index contributed by atoms with van der Waals surface area (Å²) in [7, 11) is -3.39. The van der Waals surface area contributed by atoms with Gasteiger partial charge in [0.25, 0.3) is 0 Å². The highest BCUT2D eigenvalue weighted by atomic mass is 32.2. The SMILES string of the molecule is O=S(=O)(NCCC1CCCNC1)c1cccnc1. The van der Waals surface area contributed by atoms with Crippen LogP contribution in [0, 0.1) is 5.92 Å². The average molecular weight is 269 g/mol. The van der Waals surface area contributed by atoms with Gasteiger partial charge < -0.3 is 5.32 Å². The number of nitrogens with zero attached hydrogens (tertiary/aromatic N) is 1. The molecule has 1 atom stereocenters. The van der Waals surface area contributed by atoms with Crippen molar-refractivity contribution in [2.24, 2.45) is 5.92 Å². The van der Waals surface area contributed by atoms with Crippen molar-refractivity contribution in [2.45, 2.75) is 24.2 Å². The Labute approximate surface area is 108 Å². The van der Waals surface area contributed by atoms with Gasteiger partial charge >= 0.3 is 0 Å². The van der Waals surface area contributed by atoms with Crippen molar-refractivity contribution in [2.75, 3.05) is 19.6 Å². The molecular weight excluding hydrogens is 250 g/mol. The van der Waals surface area contributed by atoms with Crippen LogP contribution in [0.5, 0.6) is 0 Å². The number of hydrogen-bond acceptors (Lipinski definition) is 4. The Balaban J connectivity index is 1.82. The Kier molecular flexibility index (Phi) is 4.68. The molecule has 2 heterocycles. The Morgan fingerprint density at radius 1 is 1.50 bits per heavy atom. The molecule has 1 saturated heterocycles. The zero-order chi connectivity index (χ0) is 12.8. The predicted octanol–water partition coefficient (Wildman–Crippen LogP) is 0.750. The van der Waals surface area contributed by atoms with Gasteiger partial charge in [-0.3, -0.25) is 4.98 Å². The van der Waals surface area contributed by atoms with Crippen LogP contribution in [-0.2, 0) is 10.0 Å². The van der Waals surface area contributed by atoms with E-state index in [-0.39, 0.29) is 4.90 Å². The van der Waals surface area contributed by atoms with Crippen LogP contribution in [-0.4, -0.2) is 33.0 Å². The minimum absolute atomic E-state index is 0.228. The van der Waals surface area contributed by atoms with E-state index in [1.807, 2.05) is 0 Å². The third-order valence-corrected chi connectivity index (χ3v) is 4.63. The van der Waals surface area contributed by atoms with Crippen LogP contribution in [0.15, 0.2) is 29.4 Å². The summed E-state index contributed by atoms with van der Waals surface area (Å²) in [5, 5.41) is 3.33. The molecule has 100 valence electrons. The molecule has 1 aliphatic heterocycles. The molecule has 0 spiro atoms. The van der Waals surface area contributed by atoms with Crippen LogP contribution in [0.3, 0.4) is 0 Å². The van der Waals surface area contributed by atoms with Crippen LogP contribution < -0.4 is 10.0 Å². The minimum Gasteiger partial charge on any atom is -0.316 e. The van der Waals surface area contributed by atoms with Crippen molar-refractivity contribution < 1.29 is 8.42 Å². The highest BCUT2D eigenvalue weighted by Crippen LogP contribution is 2.13. The molecule has 0 aromatic carbocycles. The molecule has 0 bridgehead atoms. The molecule has 18 heavy (non-hydrogen) atoms. The first-order chi connectivity index (χ1) is 8.68. The Morgan fingerprint density at radius 3 is 3.06 bits per heavy atom. The number of aromatic nitrogens is 1. The van der Waals surface area contributed by atoms with E-state index in [9.17, 15) is 8.42 Å². The van der Waals surface area contributed by atoms with Crippen molar-refractivity contribution in [3.8, 4) is 0 Å². The maximum absolute atomic E-state index is 11.9. The van der Waals surface area contributed by atoms with Gasteiger partial charge in [-0.15, -0.1) is 0 Å². The summed E-state index contributed by atoms with van der Waals surface area (Å²) in [5.41, 5.74) is 0. The maximum Gasteiger partial charge on any atom is 0.242 e. The molecule has 0 amide bonds. The molecule has 2 rings (SSSR count). The maximum atomic E-state index is 11.9. The van der Waals surface area contributed by atoms with Gasteiger partial charge in [-0.25, -0.2) is 13.1 Å². The van der Waals surface area contributed by atoms with E-state index in [2.05, 4.69) is 15.0 Å². The molecule has 1 aliphatic rings. The fourth-order valence-electron chi connectivity index (χ4n) is 2.16. The number of nitrogens with one attached hydrogen (secondary N) is 2. The summed E-state index contributed by atoms with van der Waals surface area (Å²) in [4.78, 5) is 4.05. The quantitative estimate of drug-likeness (QED) is 0.827. The highest BCUT2D eigenvalue weighted by molar-refractivity contribution is 7.89. The lowest BCUT2D eigenvalue weighted by Crippen LogP contribution is -2.33. The summed E-state index contributed by atoms with van der Waals surface area (Å²) < 4.78 is 26.4. The Bertz CT molecular complexity index is 455. The monoisotopic (exact) mass is 269 g/mol. The van der Waals surface area contributed by atoms with E-state index in [1.54, 1.807) is 18.3 Å². The van der Waals surface area contributed by atoms with E-state index in [1.165, 1.54) is 19.0 Å². The van der Waals surface area contributed by atoms with Crippen LogP contribution >= 0.6 is 0 Å². The molecule has 1 aromatic heterocycles. The average Bonchev–Trinajstić information content (AvgIpc) is 2.41. The normalized spacial score (nSPS) is 20.8. The zero-order valence-electron chi connectivity index (χ0n) is 10.3. The minimum atomic E-state index is -3.39. The van der Waals surface area contributed by atoms with Crippen molar-refractivity contribution in [1.29, 1.82) is 0 Å². The number of hydrogen-bond donors (Lipinski definition) is 2. The van der Waals surface area contributed by atoms with Gasteiger partial charge in [0.05, 0.1) is 0 Å². The summed E-state index contributed by atoms with van der Waals surface area (Å²) in [6.07, 6.45) is 6.17. The number of sulfonamides is 1. The molecule has 1 aromatic rings. The first kappa shape index (κ1) is 13.5. The third kappa shape index (κ3) is 3.76. The Morgan fingerprint density at radius 2 is 2.39 bits per heavy atom. The van der Waals surface area contributed by atoms with Gasteiger partial charge in [0, 0.05) is 18.9 Å². The predicted molar refractivity (Wildman–Crippen MR) is 69.6 cm³/mol. The molecule has 1 unspecified atom stereocenters. The molecule has 1 fully saturated rings. The number of piperidine rings is 1. The second-order valence-corrected chi connectivity index (χ2v) is 6.35. The van der Waals surface area contributed by atoms with Crippen LogP contribution in [0.2, 0.25) is 0 Å². The summed E-state index contributed by atoms with van der Waals surface area (Å²) in [6.45, 7) is 2.57. The van der Waals surface area contributed by atoms with E-state index in [4.69, 9.17) is 0 Å². The second kappa shape index (κ2) is 6.26. The van der Waals surface area contributed by atoms with E-state index >= 15 is 0 Å². The largest absolute Gasteiger partial charge is 0.316 e. The first-order valence-corrected chi connectivity index (χ1v) is 7.77. The first-order valence-electron chi connectivity index (χ1n) is 6.29. The fraction of sp³-hybridized carbons (Fsp3) is 0.583. The lowest BCUT2D eigenvalue weighted by molar-refractivity contribution is 0.358. The molecule has 6 heteroatoms. The molecule has 0 aliphatic carbocycles. The van der Waals surface area contributed by atoms with Crippen molar-refractivity contribution in [1.82, 2.24) is 15.0 Å². The van der Waals surface area contributed by atoms with Gasteiger partial charge in [0.15, 0.2) is 0 Å². The zero-order valence-corrected chi connectivity index (χ0v) is 11.1. The van der Waals surface area contributed by atoms with Gasteiger partial charge in [0.1, 0.15) is 4.90 Å². The van der Waals surface area contributed by atoms with Crippen LogP contribution in [0.4, 0.5) is 0 Å². The number of rotatable bonds is 5. The summed E-state index contributed by atoms with van der Waals surface area (Å²) in [6, 6.07) is 3.18. The Hall–Kier alpha value is -0.980. The van der Waals surface area contributed by atoms with E-state index in [0.29, 0.717) is 12.5 Å². The fourth-order valence-corrected chi connectivity index (χ4v) is 3.17. The molecule has 0 radical (unpaired) electrons. The third-order valence-electron chi connectivity index (χ3n) is 3.19. The topological polar surface area (TPSA) is 71.1 Å². The summed E-state index contributed by atoms with van der Waals surface area (Å²) in [5.74, 6) is 0.579. The molecular formula is C12H19N3O2S.